The molecule has 1 aliphatic heterocycles. The van der Waals surface area contributed by atoms with E-state index in [0.717, 1.165) is 19.5 Å². The Morgan fingerprint density at radius 1 is 1.30 bits per heavy atom. The number of Topliss-reactive ketones (excluding diaryl/α,β-unsaturated/α-hetero) is 1. The fourth-order valence-corrected chi connectivity index (χ4v) is 3.02. The van der Waals surface area contributed by atoms with Gasteiger partial charge in [0.15, 0.2) is 5.78 Å². The summed E-state index contributed by atoms with van der Waals surface area (Å²) in [6, 6.07) is 4.77. The van der Waals surface area contributed by atoms with Crippen LogP contribution in [0.15, 0.2) is 18.2 Å². The van der Waals surface area contributed by atoms with Gasteiger partial charge in [-0.1, -0.05) is 13.8 Å². The molecule has 0 aliphatic carbocycles. The van der Waals surface area contributed by atoms with E-state index in [1.54, 1.807) is 12.1 Å². The van der Waals surface area contributed by atoms with Crippen LogP contribution in [0.5, 0.6) is 0 Å². The molecular formula is C15H20N2O3. The smallest absolute Gasteiger partial charge is 0.293 e. The van der Waals surface area contributed by atoms with E-state index in [1.807, 2.05) is 0 Å². The molecule has 0 bridgehead atoms. The molecule has 1 aliphatic rings. The number of carbonyl (C=O) groups excluding carboxylic acids is 1. The molecule has 0 N–H and O–H groups in total. The second kappa shape index (κ2) is 5.61. The van der Waals surface area contributed by atoms with E-state index in [4.69, 9.17) is 0 Å². The van der Waals surface area contributed by atoms with E-state index in [1.165, 1.54) is 13.0 Å². The third-order valence-electron chi connectivity index (χ3n) is 3.79. The molecule has 108 valence electrons. The van der Waals surface area contributed by atoms with Gasteiger partial charge in [-0.25, -0.2) is 0 Å². The van der Waals surface area contributed by atoms with Gasteiger partial charge in [0, 0.05) is 24.7 Å². The Morgan fingerprint density at radius 2 is 1.90 bits per heavy atom. The lowest BCUT2D eigenvalue weighted by Crippen LogP contribution is -2.39. The molecule has 2 rings (SSSR count). The first kappa shape index (κ1) is 14.5. The average molecular weight is 276 g/mol. The SMILES string of the molecule is CC(=O)c1ccc(N2C[C@H](C)C[C@@H](C)C2)c([N+](=O)[O-])c1. The normalized spacial score (nSPS) is 22.6. The molecule has 2 atom stereocenters. The summed E-state index contributed by atoms with van der Waals surface area (Å²) < 4.78 is 0. The van der Waals surface area contributed by atoms with Gasteiger partial charge in [0.1, 0.15) is 5.69 Å². The number of nitrogens with zero attached hydrogens (tertiary/aromatic N) is 2. The minimum absolute atomic E-state index is 0.0269. The average Bonchev–Trinajstić information content (AvgIpc) is 2.36. The zero-order chi connectivity index (χ0) is 14.9. The van der Waals surface area contributed by atoms with Crippen molar-refractivity contribution in [2.75, 3.05) is 18.0 Å². The lowest BCUT2D eigenvalue weighted by Gasteiger charge is -2.36. The standard InChI is InChI=1S/C15H20N2O3/c1-10-6-11(2)9-16(8-10)14-5-4-13(12(3)18)7-15(14)17(19)20/h4-5,7,10-11H,6,8-9H2,1-3H3/t10-,11-/m1/s1. The van der Waals surface area contributed by atoms with Crippen molar-refractivity contribution in [1.82, 2.24) is 0 Å². The monoisotopic (exact) mass is 276 g/mol. The van der Waals surface area contributed by atoms with Crippen LogP contribution in [0.1, 0.15) is 37.6 Å². The summed E-state index contributed by atoms with van der Waals surface area (Å²) in [4.78, 5) is 24.3. The highest BCUT2D eigenvalue weighted by Gasteiger charge is 2.27. The third kappa shape index (κ3) is 2.98. The van der Waals surface area contributed by atoms with Crippen LogP contribution in [0.3, 0.4) is 0 Å². The van der Waals surface area contributed by atoms with Crippen molar-refractivity contribution in [3.63, 3.8) is 0 Å². The maximum Gasteiger partial charge on any atom is 0.293 e. The molecular weight excluding hydrogens is 256 g/mol. The van der Waals surface area contributed by atoms with Crippen LogP contribution in [0.2, 0.25) is 0 Å². The van der Waals surface area contributed by atoms with Crippen LogP contribution in [-0.4, -0.2) is 23.8 Å². The van der Waals surface area contributed by atoms with Crippen LogP contribution in [0.25, 0.3) is 0 Å². The summed E-state index contributed by atoms with van der Waals surface area (Å²) in [6.07, 6.45) is 1.15. The van der Waals surface area contributed by atoms with Gasteiger partial charge in [-0.05, 0) is 37.3 Å². The highest BCUT2D eigenvalue weighted by Crippen LogP contribution is 2.33. The molecule has 1 aromatic rings. The van der Waals surface area contributed by atoms with Gasteiger partial charge in [0.05, 0.1) is 4.92 Å². The van der Waals surface area contributed by atoms with Gasteiger partial charge in [-0.15, -0.1) is 0 Å². The molecule has 0 spiro atoms. The fourth-order valence-electron chi connectivity index (χ4n) is 3.02. The van der Waals surface area contributed by atoms with Gasteiger partial charge in [-0.2, -0.15) is 0 Å². The topological polar surface area (TPSA) is 63.5 Å². The molecule has 1 aromatic carbocycles. The third-order valence-corrected chi connectivity index (χ3v) is 3.79. The van der Waals surface area contributed by atoms with E-state index in [9.17, 15) is 14.9 Å². The Morgan fingerprint density at radius 3 is 2.40 bits per heavy atom. The minimum atomic E-state index is -0.397. The van der Waals surface area contributed by atoms with Crippen molar-refractivity contribution in [3.05, 3.63) is 33.9 Å². The molecule has 1 saturated heterocycles. The molecule has 0 unspecified atom stereocenters. The minimum Gasteiger partial charge on any atom is -0.365 e. The molecule has 20 heavy (non-hydrogen) atoms. The van der Waals surface area contributed by atoms with Crippen molar-refractivity contribution >= 4 is 17.2 Å². The van der Waals surface area contributed by atoms with Gasteiger partial charge in [0.2, 0.25) is 0 Å². The van der Waals surface area contributed by atoms with E-state index in [0.29, 0.717) is 23.1 Å². The van der Waals surface area contributed by atoms with Gasteiger partial charge < -0.3 is 4.90 Å². The second-order valence-electron chi connectivity index (χ2n) is 5.87. The summed E-state index contributed by atoms with van der Waals surface area (Å²) in [5.74, 6) is 0.886. The number of hydrogen-bond acceptors (Lipinski definition) is 4. The molecule has 5 nitrogen and oxygen atoms in total. The molecule has 0 aromatic heterocycles. The highest BCUT2D eigenvalue weighted by molar-refractivity contribution is 5.95. The first-order valence-electron chi connectivity index (χ1n) is 6.92. The zero-order valence-electron chi connectivity index (χ0n) is 12.1. The molecule has 0 saturated carbocycles. The lowest BCUT2D eigenvalue weighted by atomic mass is 9.91. The molecule has 1 heterocycles. The largest absolute Gasteiger partial charge is 0.365 e. The number of carbonyl (C=O) groups is 1. The first-order chi connectivity index (χ1) is 9.38. The first-order valence-corrected chi connectivity index (χ1v) is 6.92. The number of ketones is 1. The van der Waals surface area contributed by atoms with E-state index >= 15 is 0 Å². The van der Waals surface area contributed by atoms with E-state index in [-0.39, 0.29) is 11.5 Å². The van der Waals surface area contributed by atoms with Crippen LogP contribution in [0.4, 0.5) is 11.4 Å². The molecule has 0 radical (unpaired) electrons. The Bertz CT molecular complexity index is 532. The predicted octanol–water partition coefficient (Wildman–Crippen LogP) is 3.28. The van der Waals surface area contributed by atoms with Crippen molar-refractivity contribution < 1.29 is 9.72 Å². The Hall–Kier alpha value is -1.91. The maximum absolute atomic E-state index is 11.4. The van der Waals surface area contributed by atoms with Crippen LogP contribution >= 0.6 is 0 Å². The molecule has 0 amide bonds. The highest BCUT2D eigenvalue weighted by atomic mass is 16.6. The van der Waals surface area contributed by atoms with Gasteiger partial charge in [0.25, 0.3) is 5.69 Å². The quantitative estimate of drug-likeness (QED) is 0.483. The number of nitro groups is 1. The Labute approximate surface area is 118 Å². The molecule has 1 fully saturated rings. The van der Waals surface area contributed by atoms with Crippen molar-refractivity contribution in [3.8, 4) is 0 Å². The van der Waals surface area contributed by atoms with Crippen molar-refractivity contribution in [2.24, 2.45) is 11.8 Å². The Balaban J connectivity index is 2.40. The summed E-state index contributed by atoms with van der Waals surface area (Å²) in [5.41, 5.74) is 1.04. The Kier molecular flexibility index (Phi) is 4.06. The number of anilines is 1. The van der Waals surface area contributed by atoms with Gasteiger partial charge >= 0.3 is 0 Å². The number of hydrogen-bond donors (Lipinski definition) is 0. The fraction of sp³-hybridized carbons (Fsp3) is 0.533. The summed E-state index contributed by atoms with van der Waals surface area (Å²) in [7, 11) is 0. The number of piperidine rings is 1. The van der Waals surface area contributed by atoms with Crippen LogP contribution in [-0.2, 0) is 0 Å². The van der Waals surface area contributed by atoms with Gasteiger partial charge in [-0.3, -0.25) is 14.9 Å². The van der Waals surface area contributed by atoms with Crippen molar-refractivity contribution in [2.45, 2.75) is 27.2 Å². The zero-order valence-corrected chi connectivity index (χ0v) is 12.1. The number of rotatable bonds is 3. The summed E-state index contributed by atoms with van der Waals surface area (Å²) >= 11 is 0. The molecule has 5 heteroatoms. The summed E-state index contributed by atoms with van der Waals surface area (Å²) in [6.45, 7) is 7.40. The van der Waals surface area contributed by atoms with E-state index < -0.39 is 4.92 Å². The predicted molar refractivity (Wildman–Crippen MR) is 78.3 cm³/mol. The van der Waals surface area contributed by atoms with Crippen LogP contribution in [0, 0.1) is 22.0 Å². The number of nitro benzene ring substituents is 1. The second-order valence-corrected chi connectivity index (χ2v) is 5.87. The lowest BCUT2D eigenvalue weighted by molar-refractivity contribution is -0.384. The van der Waals surface area contributed by atoms with Crippen molar-refractivity contribution in [1.29, 1.82) is 0 Å². The maximum atomic E-state index is 11.4. The van der Waals surface area contributed by atoms with Crippen LogP contribution < -0.4 is 4.90 Å². The van der Waals surface area contributed by atoms with E-state index in [2.05, 4.69) is 18.7 Å². The summed E-state index contributed by atoms with van der Waals surface area (Å²) in [5, 5.41) is 11.3. The number of benzene rings is 1.